The number of carbonyl (C=O) groups excluding carboxylic acids is 4. The molecule has 3 aromatic heterocycles. The molecule has 38 nitrogen and oxygen atoms in total. The second-order valence-electron chi connectivity index (χ2n) is 31.8. The van der Waals surface area contributed by atoms with Crippen molar-refractivity contribution in [1.29, 1.82) is 0 Å². The van der Waals surface area contributed by atoms with Gasteiger partial charge in [0.05, 0.1) is 46.3 Å². The standard InChI is InChI=1S/C28H50N6O8P2.C28H43N4O7P.C19H33N4O7P.CH4O.CH2O/c1-19(2)34(20(3)4)43(40-15-13-29-6)42-24-22(11-16-44(9,10)38)41-27(33-17-21(5)26(36)31-28(33)37)25(24)39-18-23(35)30-12-14-32(7)8;1-20-16-31(28(35)32(26(20)34)19-37-17-22-10-8-7-9-11-22)27-25(38-18-24(33)29-13-14-30(3)4)21(2)23(39-27)12-15-40(5,6)36;1-12-10-23(19(27)21-17(12)26)18-16(29-11-14(24)20-7-8-22(2)3)15(25)13(30-18)6-9-31(4,5)28;2*1-2/h17,19-20,22,24-25,27H,11-16,18H2,1-5,7-10H3,(H,30,35)(H,31,36,37);7-11,16,21,23,25,27H,12-15,17-19H2,1-6H3,(H,29,33);10,13,15-16,18,25H,6-9,11H2,1-5H3,(H,20,24)(H,21,26,27);2H,1H3;1H2/t22-,24-,25-,27-,43?;21-,23-,25-,27-;13-,15-,16-,18-;;/m111../s1. The van der Waals surface area contributed by atoms with Crippen molar-refractivity contribution in [2.45, 2.75) is 168 Å². The van der Waals surface area contributed by atoms with Crippen molar-refractivity contribution in [3.05, 3.63) is 145 Å². The number of hydrogen-bond donors (Lipinski definition) is 7. The molecule has 0 radical (unpaired) electrons. The quantitative estimate of drug-likeness (QED) is 0.0190. The first kappa shape index (κ1) is 107. The van der Waals surface area contributed by atoms with Crippen LogP contribution in [0.4, 0.5) is 0 Å². The molecule has 7 rings (SSSR count). The van der Waals surface area contributed by atoms with E-state index in [4.69, 9.17) is 58.7 Å². The smallest absolute Gasteiger partial charge is 0.335 e. The highest BCUT2D eigenvalue weighted by molar-refractivity contribution is 7.62. The van der Waals surface area contributed by atoms with E-state index in [2.05, 4.69) is 35.4 Å². The molecule has 3 saturated heterocycles. The molecule has 4 aromatic rings. The number of nitrogens with zero attached hydrogens (tertiary/aromatic N) is 9. The summed E-state index contributed by atoms with van der Waals surface area (Å²) in [5.74, 6) is -1.20. The third-order valence-corrected chi connectivity index (χ3v) is 24.8. The molecule has 1 aromatic carbocycles. The average molecular weight is 1760 g/mol. The van der Waals surface area contributed by atoms with E-state index in [1.807, 2.05) is 129 Å². The molecule has 13 atom stereocenters. The Balaban J connectivity index is 0.000000457. The summed E-state index contributed by atoms with van der Waals surface area (Å²) >= 11 is 0. The zero-order valence-electron chi connectivity index (χ0n) is 73.0. The van der Waals surface area contributed by atoms with E-state index in [0.717, 1.165) is 21.8 Å². The molecule has 6 heterocycles. The third kappa shape index (κ3) is 36.4. The van der Waals surface area contributed by atoms with Crippen molar-refractivity contribution >= 4 is 54.5 Å². The lowest BCUT2D eigenvalue weighted by atomic mass is 9.98. The summed E-state index contributed by atoms with van der Waals surface area (Å²) < 4.78 is 99.3. The summed E-state index contributed by atoms with van der Waals surface area (Å²) in [4.78, 5) is 135. The van der Waals surface area contributed by atoms with E-state index in [0.29, 0.717) is 82.6 Å². The van der Waals surface area contributed by atoms with Crippen LogP contribution in [-0.2, 0) is 88.4 Å². The van der Waals surface area contributed by atoms with E-state index in [1.54, 1.807) is 53.8 Å². The number of aliphatic hydroxyl groups is 2. The Labute approximate surface area is 698 Å². The van der Waals surface area contributed by atoms with Crippen LogP contribution < -0.4 is 49.7 Å². The Morgan fingerprint density at radius 3 is 1.43 bits per heavy atom. The van der Waals surface area contributed by atoms with Gasteiger partial charge in [-0.05, 0) is 156 Å². The summed E-state index contributed by atoms with van der Waals surface area (Å²) in [6, 6.07) is 9.50. The molecule has 3 amide bonds. The molecule has 0 aliphatic carbocycles. The number of aliphatic hydroxyl groups excluding tert-OH is 2. The van der Waals surface area contributed by atoms with Gasteiger partial charge in [0.15, 0.2) is 18.7 Å². The Hall–Kier alpha value is -6.65. The molecule has 0 spiro atoms. The summed E-state index contributed by atoms with van der Waals surface area (Å²) in [5, 5.41) is 26.1. The van der Waals surface area contributed by atoms with E-state index in [1.165, 1.54) is 34.6 Å². The highest BCUT2D eigenvalue weighted by Gasteiger charge is 2.51. The number of hydrogen-bond acceptors (Lipinski definition) is 28. The van der Waals surface area contributed by atoms with Crippen LogP contribution in [-0.4, -0.2) is 323 Å². The summed E-state index contributed by atoms with van der Waals surface area (Å²) in [7, 11) is 3.53. The van der Waals surface area contributed by atoms with Crippen molar-refractivity contribution in [1.82, 2.24) is 63.6 Å². The Morgan fingerprint density at radius 1 is 0.597 bits per heavy atom. The van der Waals surface area contributed by atoms with Gasteiger partial charge in [0, 0.05) is 118 Å². The molecule has 7 N–H and O–H groups in total. The maximum absolute atomic E-state index is 13.6. The topological polar surface area (TPSA) is 450 Å². The summed E-state index contributed by atoms with van der Waals surface area (Å²) in [5.41, 5.74) is -1.67. The third-order valence-electron chi connectivity index (χ3n) is 18.7. The first-order valence-corrected chi connectivity index (χ1v) is 48.7. The predicted octanol–water partition coefficient (Wildman–Crippen LogP) is 3.19. The molecule has 42 heteroatoms. The Bertz CT molecular complexity index is 4350. The highest BCUT2D eigenvalue weighted by atomic mass is 31.2. The zero-order chi connectivity index (χ0) is 90.0. The summed E-state index contributed by atoms with van der Waals surface area (Å²) in [6.45, 7) is 36.8. The number of amides is 3. The number of aromatic nitrogens is 6. The van der Waals surface area contributed by atoms with Gasteiger partial charge in [0.2, 0.25) is 24.3 Å². The van der Waals surface area contributed by atoms with Gasteiger partial charge in [-0.15, -0.1) is 0 Å². The fraction of sp³-hybridized carbons (Fsp3) is 0.701. The lowest BCUT2D eigenvalue weighted by Crippen LogP contribution is -2.45. The molecule has 1 unspecified atom stereocenters. The van der Waals surface area contributed by atoms with Crippen molar-refractivity contribution < 1.29 is 85.3 Å². The van der Waals surface area contributed by atoms with Crippen molar-refractivity contribution in [2.75, 3.05) is 180 Å². The van der Waals surface area contributed by atoms with Crippen molar-refractivity contribution in [3.63, 3.8) is 0 Å². The van der Waals surface area contributed by atoms with Gasteiger partial charge in [-0.25, -0.2) is 30.2 Å². The SMILES string of the molecule is C=O.CO.Cc1cn([C@@H]2O[C@H](CCP(C)(C)=O)[C@@H](C)[C@H]2OCC(=O)NCCN(C)C)c(=O)n(COCc2ccccc2)c1=O.Cc1cn([C@@H]2O[C@H](CCP(C)(C)=O)[C@@H](O)[C@H]2OCC(=O)NCCN(C)C)c(=O)[nH]c1=O.[C-]#[N+]CCOP(O[C@H]1[C@@H](OCC(=O)NCCN(C)C)[C@H](n2cc(C)c(=O)[nH]c2=O)O[C@@H]1CCP(C)(C)=O)N(C(C)C)C(C)C. The van der Waals surface area contributed by atoms with Gasteiger partial charge >= 0.3 is 17.1 Å². The van der Waals surface area contributed by atoms with Gasteiger partial charge < -0.3 is 106 Å². The second-order valence-corrected chi connectivity index (χ2v) is 44.0. The molecule has 3 fully saturated rings. The molecular formula is C77H132N14O24P4. The number of ether oxygens (including phenoxy) is 7. The Morgan fingerprint density at radius 2 is 0.992 bits per heavy atom. The minimum atomic E-state index is -2.47. The number of aryl methyl sites for hydroxylation is 3. The lowest BCUT2D eigenvalue weighted by molar-refractivity contribution is -0.133. The average Bonchev–Trinajstić information content (AvgIpc) is 1.70. The first-order valence-electron chi connectivity index (χ1n) is 39.2. The molecule has 119 heavy (non-hydrogen) atoms. The van der Waals surface area contributed by atoms with Crippen LogP contribution in [0.15, 0.2) is 77.7 Å². The number of likely N-dealkylation sites (N-methyl/N-ethyl adjacent to an activating group) is 3. The number of carbonyl (C=O) groups is 4. The normalized spacial score (nSPS) is 21.3. The van der Waals surface area contributed by atoms with Crippen LogP contribution in [0.25, 0.3) is 4.85 Å². The van der Waals surface area contributed by atoms with Crippen LogP contribution in [0.1, 0.15) is 94.8 Å². The predicted molar refractivity (Wildman–Crippen MR) is 457 cm³/mol. The molecule has 0 bridgehead atoms. The van der Waals surface area contributed by atoms with Crippen LogP contribution >= 0.6 is 30.0 Å². The zero-order valence-corrected chi connectivity index (χ0v) is 76.6. The minimum Gasteiger partial charge on any atom is -0.400 e. The first-order chi connectivity index (χ1) is 55.8. The van der Waals surface area contributed by atoms with Gasteiger partial charge in [-0.3, -0.25) is 52.4 Å². The van der Waals surface area contributed by atoms with Gasteiger partial charge in [-0.2, -0.15) is 0 Å². The van der Waals surface area contributed by atoms with Crippen molar-refractivity contribution in [2.24, 2.45) is 5.92 Å². The van der Waals surface area contributed by atoms with E-state index in [9.17, 15) is 62.0 Å². The van der Waals surface area contributed by atoms with Crippen LogP contribution in [0, 0.1) is 33.3 Å². The van der Waals surface area contributed by atoms with E-state index in [-0.39, 0.29) is 99.3 Å². The number of rotatable bonds is 42. The van der Waals surface area contributed by atoms with Crippen molar-refractivity contribution in [3.8, 4) is 0 Å². The molecular weight excluding hydrogens is 1630 g/mol. The Kier molecular flexibility index (Phi) is 46.6. The molecule has 674 valence electrons. The number of H-pyrrole nitrogens is 2. The molecule has 0 saturated carbocycles. The lowest BCUT2D eigenvalue weighted by Gasteiger charge is -2.38. The maximum atomic E-state index is 13.6. The monoisotopic (exact) mass is 1760 g/mol. The highest BCUT2D eigenvalue weighted by Crippen LogP contribution is 2.52. The van der Waals surface area contributed by atoms with Gasteiger partial charge in [-0.1, -0.05) is 37.3 Å². The number of benzene rings is 1. The van der Waals surface area contributed by atoms with Gasteiger partial charge in [0.25, 0.3) is 25.2 Å². The van der Waals surface area contributed by atoms with E-state index >= 15 is 0 Å². The van der Waals surface area contributed by atoms with Crippen LogP contribution in [0.2, 0.25) is 0 Å². The maximum Gasteiger partial charge on any atom is 0.335 e. The van der Waals surface area contributed by atoms with Crippen LogP contribution in [0.5, 0.6) is 0 Å². The minimum absolute atomic E-state index is 0.0171. The fourth-order valence-electron chi connectivity index (χ4n) is 12.5. The second kappa shape index (κ2) is 52.1. The largest absolute Gasteiger partial charge is 0.400 e. The summed E-state index contributed by atoms with van der Waals surface area (Å²) in [6.07, 6.45) is -2.91. The van der Waals surface area contributed by atoms with E-state index < -0.39 is 125 Å². The number of aromatic amines is 2. The molecule has 3 aliphatic heterocycles. The fourth-order valence-corrected chi connectivity index (χ4v) is 16.9. The number of nitrogens with one attached hydrogen (secondary N) is 5. The molecule has 3 aliphatic rings. The van der Waals surface area contributed by atoms with Gasteiger partial charge in [0.1, 0.15) is 70.5 Å². The van der Waals surface area contributed by atoms with Crippen LogP contribution in [0.3, 0.4) is 0 Å².